The van der Waals surface area contributed by atoms with E-state index in [0.29, 0.717) is 22.2 Å². The quantitative estimate of drug-likeness (QED) is 0.324. The highest BCUT2D eigenvalue weighted by Crippen LogP contribution is 2.29. The van der Waals surface area contributed by atoms with Gasteiger partial charge in [0.05, 0.1) is 28.9 Å². The van der Waals surface area contributed by atoms with Crippen LogP contribution in [0.15, 0.2) is 36.4 Å². The van der Waals surface area contributed by atoms with Gasteiger partial charge in [-0.1, -0.05) is 35.3 Å². The summed E-state index contributed by atoms with van der Waals surface area (Å²) in [6.07, 6.45) is 0.215. The topological polar surface area (TPSA) is 59.6 Å². The number of urea groups is 1. The fourth-order valence-electron chi connectivity index (χ4n) is 2.43. The smallest absolute Gasteiger partial charge is 0.319 e. The molecule has 152 valence electrons. The van der Waals surface area contributed by atoms with Crippen LogP contribution in [0.4, 0.5) is 19.3 Å². The molecule has 2 aromatic carbocycles. The van der Waals surface area contributed by atoms with E-state index in [4.69, 9.17) is 33.0 Å². The van der Waals surface area contributed by atoms with Crippen LogP contribution in [0.3, 0.4) is 0 Å². The molecule has 0 saturated carbocycles. The first-order valence-corrected chi connectivity index (χ1v) is 9.33. The van der Waals surface area contributed by atoms with Crippen LogP contribution in [0, 0.1) is 17.6 Å². The second-order valence-corrected chi connectivity index (χ2v) is 6.74. The van der Waals surface area contributed by atoms with Crippen molar-refractivity contribution in [2.24, 2.45) is 5.92 Å². The summed E-state index contributed by atoms with van der Waals surface area (Å²) in [6, 6.07) is 7.68. The number of anilines is 1. The van der Waals surface area contributed by atoms with E-state index in [-0.39, 0.29) is 31.2 Å². The second-order valence-electron chi connectivity index (χ2n) is 5.93. The van der Waals surface area contributed by atoms with E-state index < -0.39 is 17.7 Å². The molecular formula is C19H20Cl2F2N2O3. The Morgan fingerprint density at radius 2 is 1.86 bits per heavy atom. The van der Waals surface area contributed by atoms with Crippen LogP contribution in [0.5, 0.6) is 0 Å². The van der Waals surface area contributed by atoms with Crippen LogP contribution in [-0.2, 0) is 16.2 Å². The average molecular weight is 433 g/mol. The van der Waals surface area contributed by atoms with E-state index in [1.165, 1.54) is 12.1 Å². The third-order valence-electron chi connectivity index (χ3n) is 3.78. The molecule has 1 atom stereocenters. The summed E-state index contributed by atoms with van der Waals surface area (Å²) < 4.78 is 27.0. The number of hydrogen-bond donors (Lipinski definition) is 2. The molecule has 0 aliphatic heterocycles. The van der Waals surface area contributed by atoms with Gasteiger partial charge in [-0.15, -0.1) is 0 Å². The standard InChI is InChI=1S/C19H20Cl2F2N2O3/c1-2-27-28-11-12(8-13-6-7-14(22)9-17(13)23)10-24-19(26)25-18-15(20)4-3-5-16(18)21/h3-7,9,12H,2,8,10-11H2,1H3,(H2,24,25,26). The highest BCUT2D eigenvalue weighted by molar-refractivity contribution is 6.39. The third-order valence-corrected chi connectivity index (χ3v) is 4.41. The van der Waals surface area contributed by atoms with Crippen molar-refractivity contribution in [3.8, 4) is 0 Å². The van der Waals surface area contributed by atoms with Crippen LogP contribution in [0.2, 0.25) is 10.0 Å². The molecule has 2 amide bonds. The Labute approximate surface area is 171 Å². The Bertz CT molecular complexity index is 788. The molecule has 28 heavy (non-hydrogen) atoms. The van der Waals surface area contributed by atoms with E-state index in [1.54, 1.807) is 25.1 Å². The van der Waals surface area contributed by atoms with Gasteiger partial charge in [0, 0.05) is 18.5 Å². The highest BCUT2D eigenvalue weighted by atomic mass is 35.5. The van der Waals surface area contributed by atoms with Gasteiger partial charge in [-0.05, 0) is 37.1 Å². The van der Waals surface area contributed by atoms with Crippen molar-refractivity contribution in [2.45, 2.75) is 13.3 Å². The number of para-hydroxylation sites is 1. The Kier molecular flexibility index (Phi) is 8.92. The molecule has 0 aliphatic carbocycles. The Morgan fingerprint density at radius 1 is 1.14 bits per heavy atom. The number of nitrogens with one attached hydrogen (secondary N) is 2. The van der Waals surface area contributed by atoms with Crippen LogP contribution < -0.4 is 10.6 Å². The Balaban J connectivity index is 1.98. The molecule has 0 heterocycles. The molecular weight excluding hydrogens is 413 g/mol. The van der Waals surface area contributed by atoms with Gasteiger partial charge in [-0.2, -0.15) is 0 Å². The summed E-state index contributed by atoms with van der Waals surface area (Å²) in [4.78, 5) is 22.1. The zero-order valence-corrected chi connectivity index (χ0v) is 16.6. The van der Waals surface area contributed by atoms with Gasteiger partial charge in [-0.3, -0.25) is 0 Å². The number of amides is 2. The van der Waals surface area contributed by atoms with Crippen molar-refractivity contribution in [2.75, 3.05) is 25.1 Å². The van der Waals surface area contributed by atoms with E-state index >= 15 is 0 Å². The summed E-state index contributed by atoms with van der Waals surface area (Å²) in [5, 5.41) is 5.84. The van der Waals surface area contributed by atoms with Crippen molar-refractivity contribution >= 4 is 34.9 Å². The molecule has 2 N–H and O–H groups in total. The zero-order chi connectivity index (χ0) is 20.5. The number of carbonyl (C=O) groups excluding carboxylic acids is 1. The Morgan fingerprint density at radius 3 is 2.50 bits per heavy atom. The number of halogens is 4. The third kappa shape index (κ3) is 6.91. The lowest BCUT2D eigenvalue weighted by Gasteiger charge is -2.18. The van der Waals surface area contributed by atoms with Gasteiger partial charge in [0.15, 0.2) is 0 Å². The monoisotopic (exact) mass is 432 g/mol. The molecule has 0 aliphatic rings. The predicted molar refractivity (Wildman–Crippen MR) is 105 cm³/mol. The molecule has 0 fully saturated rings. The molecule has 1 unspecified atom stereocenters. The SMILES string of the molecule is CCOOCC(CNC(=O)Nc1c(Cl)cccc1Cl)Cc1ccc(F)cc1F. The summed E-state index contributed by atoms with van der Waals surface area (Å²) in [5.41, 5.74) is 0.595. The molecule has 2 aromatic rings. The fraction of sp³-hybridized carbons (Fsp3) is 0.316. The minimum Gasteiger partial charge on any atom is -0.337 e. The van der Waals surface area contributed by atoms with Crippen molar-refractivity contribution in [1.82, 2.24) is 5.32 Å². The molecule has 0 spiro atoms. The minimum absolute atomic E-state index is 0.109. The van der Waals surface area contributed by atoms with Crippen LogP contribution in [0.1, 0.15) is 12.5 Å². The van der Waals surface area contributed by atoms with Crippen LogP contribution in [-0.4, -0.2) is 25.8 Å². The van der Waals surface area contributed by atoms with Crippen molar-refractivity contribution in [3.05, 3.63) is 63.6 Å². The van der Waals surface area contributed by atoms with E-state index in [2.05, 4.69) is 10.6 Å². The first-order chi connectivity index (χ1) is 13.4. The van der Waals surface area contributed by atoms with Crippen molar-refractivity contribution < 1.29 is 23.4 Å². The zero-order valence-electron chi connectivity index (χ0n) is 15.1. The normalized spacial score (nSPS) is 11.9. The molecule has 9 heteroatoms. The number of rotatable bonds is 9. The lowest BCUT2D eigenvalue weighted by atomic mass is 9.99. The molecule has 0 bridgehead atoms. The maximum Gasteiger partial charge on any atom is 0.319 e. The predicted octanol–water partition coefficient (Wildman–Crippen LogP) is 5.22. The lowest BCUT2D eigenvalue weighted by molar-refractivity contribution is -0.297. The van der Waals surface area contributed by atoms with Crippen LogP contribution >= 0.6 is 23.2 Å². The number of carbonyl (C=O) groups is 1. The first-order valence-electron chi connectivity index (χ1n) is 8.58. The minimum atomic E-state index is -0.659. The van der Waals surface area contributed by atoms with Gasteiger partial charge in [0.25, 0.3) is 0 Å². The molecule has 0 radical (unpaired) electrons. The van der Waals surface area contributed by atoms with Gasteiger partial charge in [-0.25, -0.2) is 23.4 Å². The van der Waals surface area contributed by atoms with Gasteiger partial charge in [0.1, 0.15) is 11.6 Å². The summed E-state index contributed by atoms with van der Waals surface area (Å²) in [5.74, 6) is -1.63. The maximum absolute atomic E-state index is 13.9. The average Bonchev–Trinajstić information content (AvgIpc) is 2.65. The van der Waals surface area contributed by atoms with Crippen LogP contribution in [0.25, 0.3) is 0 Å². The summed E-state index contributed by atoms with van der Waals surface area (Å²) in [6.45, 7) is 2.36. The molecule has 2 rings (SSSR count). The lowest BCUT2D eigenvalue weighted by Crippen LogP contribution is -2.35. The summed E-state index contributed by atoms with van der Waals surface area (Å²) in [7, 11) is 0. The van der Waals surface area contributed by atoms with Crippen molar-refractivity contribution in [1.29, 1.82) is 0 Å². The number of hydrogen-bond acceptors (Lipinski definition) is 3. The Hall–Kier alpha value is -1.93. The van der Waals surface area contributed by atoms with Crippen molar-refractivity contribution in [3.63, 3.8) is 0 Å². The molecule has 5 nitrogen and oxygen atoms in total. The van der Waals surface area contributed by atoms with E-state index in [1.807, 2.05) is 0 Å². The van der Waals surface area contributed by atoms with E-state index in [0.717, 1.165) is 6.07 Å². The number of benzene rings is 2. The van der Waals surface area contributed by atoms with E-state index in [9.17, 15) is 13.6 Å². The molecule has 0 aromatic heterocycles. The van der Waals surface area contributed by atoms with Gasteiger partial charge < -0.3 is 10.6 Å². The first kappa shape index (κ1) is 22.4. The summed E-state index contributed by atoms with van der Waals surface area (Å²) >= 11 is 12.0. The fourth-order valence-corrected chi connectivity index (χ4v) is 2.92. The molecule has 0 saturated heterocycles. The largest absolute Gasteiger partial charge is 0.337 e. The maximum atomic E-state index is 13.9. The second kappa shape index (κ2) is 11.2. The van der Waals surface area contributed by atoms with Gasteiger partial charge >= 0.3 is 6.03 Å². The van der Waals surface area contributed by atoms with Gasteiger partial charge in [0.2, 0.25) is 0 Å². The highest BCUT2D eigenvalue weighted by Gasteiger charge is 2.16.